The number of aromatic nitrogens is 2. The van der Waals surface area contributed by atoms with Crippen molar-refractivity contribution in [3.05, 3.63) is 17.5 Å². The number of nitrogens with one attached hydrogen (secondary N) is 1. The van der Waals surface area contributed by atoms with Crippen molar-refractivity contribution in [3.8, 4) is 0 Å². The molecule has 1 aliphatic rings. The van der Waals surface area contributed by atoms with E-state index in [1.54, 1.807) is 18.7 Å². The molecule has 1 saturated carbocycles. The van der Waals surface area contributed by atoms with Gasteiger partial charge in [0.2, 0.25) is 0 Å². The molecule has 1 aromatic rings. The number of esters is 1. The summed E-state index contributed by atoms with van der Waals surface area (Å²) in [4.78, 5) is 23.8. The number of nitrogens with zero attached hydrogens (tertiary/aromatic N) is 2. The maximum absolute atomic E-state index is 11.9. The zero-order valence-electron chi connectivity index (χ0n) is 12.9. The first-order valence-corrected chi connectivity index (χ1v) is 7.44. The lowest BCUT2D eigenvalue weighted by Crippen LogP contribution is -2.42. The lowest BCUT2D eigenvalue weighted by Gasteiger charge is -2.29. The third-order valence-electron chi connectivity index (χ3n) is 4.25. The summed E-state index contributed by atoms with van der Waals surface area (Å²) in [5.74, 6) is -0.255. The second-order valence-corrected chi connectivity index (χ2v) is 5.78. The van der Waals surface area contributed by atoms with Gasteiger partial charge < -0.3 is 10.1 Å². The fourth-order valence-corrected chi connectivity index (χ4v) is 2.69. The van der Waals surface area contributed by atoms with Gasteiger partial charge in [-0.05, 0) is 25.7 Å². The lowest BCUT2D eigenvalue weighted by molar-refractivity contribution is -0.125. The number of hydrogen-bond acceptors (Lipinski definition) is 4. The molecule has 21 heavy (non-hydrogen) atoms. The van der Waals surface area contributed by atoms with E-state index in [1.165, 1.54) is 12.6 Å². The minimum atomic E-state index is -0.507. The van der Waals surface area contributed by atoms with Gasteiger partial charge in [0.05, 0.1) is 6.20 Å². The van der Waals surface area contributed by atoms with Crippen LogP contribution in [0.3, 0.4) is 0 Å². The van der Waals surface area contributed by atoms with Gasteiger partial charge in [0.25, 0.3) is 5.91 Å². The smallest absolute Gasteiger partial charge is 0.342 e. The van der Waals surface area contributed by atoms with Crippen molar-refractivity contribution in [2.75, 3.05) is 6.61 Å². The first-order valence-electron chi connectivity index (χ1n) is 7.44. The lowest BCUT2D eigenvalue weighted by atomic mass is 9.86. The summed E-state index contributed by atoms with van der Waals surface area (Å²) < 4.78 is 6.65. The number of aryl methyl sites for hydroxylation is 1. The largest absolute Gasteiger partial charge is 0.452 e. The third-order valence-corrected chi connectivity index (χ3v) is 4.25. The zero-order chi connectivity index (χ0) is 15.4. The van der Waals surface area contributed by atoms with E-state index < -0.39 is 5.97 Å². The monoisotopic (exact) mass is 293 g/mol. The molecule has 6 nitrogen and oxygen atoms in total. The molecule has 0 aromatic carbocycles. The molecule has 0 spiro atoms. The second kappa shape index (κ2) is 6.74. The van der Waals surface area contributed by atoms with Crippen LogP contribution in [-0.2, 0) is 16.6 Å². The van der Waals surface area contributed by atoms with Gasteiger partial charge in [0.1, 0.15) is 5.56 Å². The number of hydrogen-bond donors (Lipinski definition) is 1. The van der Waals surface area contributed by atoms with Crippen molar-refractivity contribution >= 4 is 11.9 Å². The van der Waals surface area contributed by atoms with Gasteiger partial charge in [-0.25, -0.2) is 4.79 Å². The molecule has 0 unspecified atom stereocenters. The molecule has 0 radical (unpaired) electrons. The summed E-state index contributed by atoms with van der Waals surface area (Å²) >= 11 is 0. The number of amides is 1. The van der Waals surface area contributed by atoms with E-state index in [9.17, 15) is 9.59 Å². The summed E-state index contributed by atoms with van der Waals surface area (Å²) in [6, 6.07) is 0.199. The molecule has 2 rings (SSSR count). The summed E-state index contributed by atoms with van der Waals surface area (Å²) in [7, 11) is 1.75. The van der Waals surface area contributed by atoms with E-state index in [4.69, 9.17) is 4.74 Å². The van der Waals surface area contributed by atoms with Gasteiger partial charge in [-0.2, -0.15) is 5.10 Å². The zero-order valence-corrected chi connectivity index (χ0v) is 12.9. The van der Waals surface area contributed by atoms with Crippen LogP contribution in [0.2, 0.25) is 0 Å². The first-order chi connectivity index (χ1) is 9.99. The Morgan fingerprint density at radius 2 is 2.14 bits per heavy atom. The molecule has 2 atom stereocenters. The highest BCUT2D eigenvalue weighted by Gasteiger charge is 2.23. The second-order valence-electron chi connectivity index (χ2n) is 5.78. The maximum Gasteiger partial charge on any atom is 0.342 e. The van der Waals surface area contributed by atoms with Crippen LogP contribution in [0.15, 0.2) is 6.20 Å². The van der Waals surface area contributed by atoms with Crippen LogP contribution in [0.5, 0.6) is 0 Å². The maximum atomic E-state index is 11.9. The Balaban J connectivity index is 1.81. The van der Waals surface area contributed by atoms with Crippen molar-refractivity contribution in [2.24, 2.45) is 13.0 Å². The average Bonchev–Trinajstić information content (AvgIpc) is 2.79. The summed E-state index contributed by atoms with van der Waals surface area (Å²) in [6.07, 6.45) is 5.97. The van der Waals surface area contributed by atoms with E-state index in [0.717, 1.165) is 25.0 Å². The summed E-state index contributed by atoms with van der Waals surface area (Å²) in [5, 5.41) is 6.94. The highest BCUT2D eigenvalue weighted by atomic mass is 16.5. The highest BCUT2D eigenvalue weighted by molar-refractivity contribution is 5.92. The first kappa shape index (κ1) is 15.5. The number of rotatable bonds is 4. The van der Waals surface area contributed by atoms with Crippen molar-refractivity contribution < 1.29 is 14.3 Å². The molecule has 1 N–H and O–H groups in total. The number of ether oxygens (including phenoxy) is 1. The predicted octanol–water partition coefficient (Wildman–Crippen LogP) is 1.58. The Morgan fingerprint density at radius 3 is 2.76 bits per heavy atom. The van der Waals surface area contributed by atoms with Crippen molar-refractivity contribution in [3.63, 3.8) is 0 Å². The van der Waals surface area contributed by atoms with Crippen LogP contribution >= 0.6 is 0 Å². The van der Waals surface area contributed by atoms with Crippen LogP contribution in [0.4, 0.5) is 0 Å². The fraction of sp³-hybridized carbons (Fsp3) is 0.667. The molecule has 116 valence electrons. The molecule has 0 aliphatic heterocycles. The molecule has 1 amide bonds. The van der Waals surface area contributed by atoms with Crippen molar-refractivity contribution in [2.45, 2.75) is 45.6 Å². The van der Waals surface area contributed by atoms with Gasteiger partial charge in [-0.3, -0.25) is 9.48 Å². The minimum absolute atomic E-state index is 0.199. The van der Waals surface area contributed by atoms with E-state index in [1.807, 2.05) is 0 Å². The van der Waals surface area contributed by atoms with Crippen molar-refractivity contribution in [1.82, 2.24) is 15.1 Å². The molecule has 1 aliphatic carbocycles. The summed E-state index contributed by atoms with van der Waals surface area (Å²) in [5.41, 5.74) is 1.12. The van der Waals surface area contributed by atoms with Gasteiger partial charge in [0.15, 0.2) is 6.61 Å². The Kier molecular flexibility index (Phi) is 4.98. The molecule has 6 heteroatoms. The number of carbonyl (C=O) groups excluding carboxylic acids is 2. The molecule has 1 heterocycles. The fourth-order valence-electron chi connectivity index (χ4n) is 2.69. The van der Waals surface area contributed by atoms with Gasteiger partial charge in [-0.15, -0.1) is 0 Å². The Morgan fingerprint density at radius 1 is 1.43 bits per heavy atom. The standard InChI is InChI=1S/C15H23N3O3/c1-10-6-4-5-7-13(10)17-14(19)9-21-15(20)12-8-16-18(3)11(12)2/h8,10,13H,4-7,9H2,1-3H3,(H,17,19)/t10-,13-/m1/s1. The molecule has 1 fully saturated rings. The minimum Gasteiger partial charge on any atom is -0.452 e. The predicted molar refractivity (Wildman–Crippen MR) is 77.8 cm³/mol. The van der Waals surface area contributed by atoms with Crippen LogP contribution in [0.25, 0.3) is 0 Å². The van der Waals surface area contributed by atoms with E-state index >= 15 is 0 Å². The van der Waals surface area contributed by atoms with Gasteiger partial charge in [0, 0.05) is 18.8 Å². The van der Waals surface area contributed by atoms with Crippen LogP contribution in [-0.4, -0.2) is 34.3 Å². The number of carbonyl (C=O) groups is 2. The molecule has 0 bridgehead atoms. The van der Waals surface area contributed by atoms with Crippen LogP contribution in [0.1, 0.15) is 48.7 Å². The normalized spacial score (nSPS) is 21.9. The van der Waals surface area contributed by atoms with E-state index in [-0.39, 0.29) is 18.6 Å². The Labute approximate surface area is 124 Å². The third kappa shape index (κ3) is 3.83. The quantitative estimate of drug-likeness (QED) is 0.855. The highest BCUT2D eigenvalue weighted by Crippen LogP contribution is 2.23. The molecule has 0 saturated heterocycles. The average molecular weight is 293 g/mol. The van der Waals surface area contributed by atoms with Gasteiger partial charge >= 0.3 is 5.97 Å². The Hall–Kier alpha value is -1.85. The SMILES string of the molecule is Cc1c(C(=O)OCC(=O)N[C@@H]2CCCC[C@H]2C)cnn1C. The molecular weight excluding hydrogens is 270 g/mol. The van der Waals surface area contributed by atoms with E-state index in [0.29, 0.717) is 11.5 Å². The van der Waals surface area contributed by atoms with Gasteiger partial charge in [-0.1, -0.05) is 19.8 Å². The van der Waals surface area contributed by atoms with Crippen molar-refractivity contribution in [1.29, 1.82) is 0 Å². The van der Waals surface area contributed by atoms with Crippen LogP contribution < -0.4 is 5.32 Å². The van der Waals surface area contributed by atoms with E-state index in [2.05, 4.69) is 17.3 Å². The molecular formula is C15H23N3O3. The molecule has 1 aromatic heterocycles. The topological polar surface area (TPSA) is 73.2 Å². The van der Waals surface area contributed by atoms with Crippen LogP contribution in [0, 0.1) is 12.8 Å². The summed E-state index contributed by atoms with van der Waals surface area (Å²) in [6.45, 7) is 3.69. The Bertz CT molecular complexity index is 524.